The van der Waals surface area contributed by atoms with Crippen molar-refractivity contribution < 1.29 is 19.4 Å². The number of ether oxygens (including phenoxy) is 2. The Morgan fingerprint density at radius 2 is 2.39 bits per heavy atom. The maximum Gasteiger partial charge on any atom is 0.260 e. The highest BCUT2D eigenvalue weighted by atomic mass is 16.5. The Labute approximate surface area is 133 Å². The summed E-state index contributed by atoms with van der Waals surface area (Å²) in [6.07, 6.45) is 2.05. The van der Waals surface area contributed by atoms with Gasteiger partial charge in [0.05, 0.1) is 19.3 Å². The molecule has 1 saturated heterocycles. The minimum Gasteiger partial charge on any atom is -0.504 e. The molecular formula is C16H19N3O4. The Balaban J connectivity index is 1.72. The van der Waals surface area contributed by atoms with Gasteiger partial charge in [-0.1, -0.05) is 6.07 Å². The number of carbonyl (C=O) groups excluding carboxylic acids is 1. The van der Waals surface area contributed by atoms with Crippen LogP contribution >= 0.6 is 0 Å². The molecule has 0 saturated carbocycles. The van der Waals surface area contributed by atoms with Gasteiger partial charge in [-0.05, 0) is 25.0 Å². The minimum atomic E-state index is -0.445. The summed E-state index contributed by atoms with van der Waals surface area (Å²) in [5.74, 6) is 0.299. The Bertz CT molecular complexity index is 692. The molecule has 23 heavy (non-hydrogen) atoms. The fourth-order valence-corrected chi connectivity index (χ4v) is 2.65. The predicted octanol–water partition coefficient (Wildman–Crippen LogP) is 2.27. The molecule has 1 aliphatic rings. The molecule has 1 aliphatic heterocycles. The fraction of sp³-hybridized carbons (Fsp3) is 0.375. The number of aromatic hydroxyl groups is 1. The summed E-state index contributed by atoms with van der Waals surface area (Å²) in [4.78, 5) is 12.3. The second kappa shape index (κ2) is 6.70. The van der Waals surface area contributed by atoms with Crippen LogP contribution in [0.25, 0.3) is 0 Å². The van der Waals surface area contributed by atoms with Crippen LogP contribution < -0.4 is 10.1 Å². The summed E-state index contributed by atoms with van der Waals surface area (Å²) in [6, 6.07) is 6.55. The number of methoxy groups -OCH3 is 1. The molecule has 1 aromatic heterocycles. The first-order valence-electron chi connectivity index (χ1n) is 7.49. The topological polar surface area (TPSA) is 96.5 Å². The number of aromatic amines is 1. The number of rotatable bonds is 4. The zero-order chi connectivity index (χ0) is 16.2. The summed E-state index contributed by atoms with van der Waals surface area (Å²) in [6.45, 7) is 1.45. The average molecular weight is 317 g/mol. The van der Waals surface area contributed by atoms with Gasteiger partial charge >= 0.3 is 0 Å². The zero-order valence-electron chi connectivity index (χ0n) is 12.8. The van der Waals surface area contributed by atoms with Crippen LogP contribution in [0.15, 0.2) is 24.3 Å². The first kappa shape index (κ1) is 15.4. The van der Waals surface area contributed by atoms with Crippen molar-refractivity contribution in [2.24, 2.45) is 0 Å². The molecule has 1 fully saturated rings. The number of nitrogens with one attached hydrogen (secondary N) is 2. The van der Waals surface area contributed by atoms with Crippen LogP contribution in [0.4, 0.5) is 5.82 Å². The van der Waals surface area contributed by atoms with Gasteiger partial charge in [-0.25, -0.2) is 0 Å². The molecule has 2 heterocycles. The first-order valence-corrected chi connectivity index (χ1v) is 7.49. The van der Waals surface area contributed by atoms with Gasteiger partial charge in [0.25, 0.3) is 5.91 Å². The lowest BCUT2D eigenvalue weighted by molar-refractivity contribution is 0.0793. The standard InChI is InChI=1S/C16H19N3O4/c1-22-13-6-2-5-11(15(13)20)16(21)17-14-8-12(18-19-14)10-4-3-7-23-9-10/h2,5-6,8,10,20H,3-4,7,9H2,1H3,(H2,17,18,19,21)/t10-/m1/s1. The van der Waals surface area contributed by atoms with E-state index in [4.69, 9.17) is 9.47 Å². The number of nitrogens with zero attached hydrogens (tertiary/aromatic N) is 1. The molecule has 0 aliphatic carbocycles. The van der Waals surface area contributed by atoms with E-state index in [1.165, 1.54) is 13.2 Å². The molecule has 122 valence electrons. The van der Waals surface area contributed by atoms with Crippen molar-refractivity contribution in [3.05, 3.63) is 35.5 Å². The van der Waals surface area contributed by atoms with Crippen molar-refractivity contribution in [2.45, 2.75) is 18.8 Å². The number of phenols is 1. The number of anilines is 1. The van der Waals surface area contributed by atoms with Crippen LogP contribution in [0.5, 0.6) is 11.5 Å². The molecule has 0 radical (unpaired) electrons. The summed E-state index contributed by atoms with van der Waals surface area (Å²) in [5, 5.41) is 19.7. The molecule has 2 aromatic rings. The lowest BCUT2D eigenvalue weighted by atomic mass is 9.99. The maximum atomic E-state index is 12.3. The van der Waals surface area contributed by atoms with E-state index in [9.17, 15) is 9.90 Å². The SMILES string of the molecule is COc1cccc(C(=O)Nc2cc([C@@H]3CCCOC3)[nH]n2)c1O. The fourth-order valence-electron chi connectivity index (χ4n) is 2.65. The monoisotopic (exact) mass is 317 g/mol. The van der Waals surface area contributed by atoms with Gasteiger partial charge in [-0.15, -0.1) is 0 Å². The number of phenolic OH excluding ortho intramolecular Hbond substituents is 1. The van der Waals surface area contributed by atoms with Crippen LogP contribution in [-0.2, 0) is 4.74 Å². The second-order valence-electron chi connectivity index (χ2n) is 5.43. The molecule has 1 aromatic carbocycles. The third-order valence-electron chi connectivity index (χ3n) is 3.90. The van der Waals surface area contributed by atoms with Crippen LogP contribution in [0.3, 0.4) is 0 Å². The van der Waals surface area contributed by atoms with Crippen LogP contribution in [0.2, 0.25) is 0 Å². The predicted molar refractivity (Wildman–Crippen MR) is 84.0 cm³/mol. The van der Waals surface area contributed by atoms with Gasteiger partial charge in [0.1, 0.15) is 0 Å². The molecule has 3 rings (SSSR count). The van der Waals surface area contributed by atoms with Crippen molar-refractivity contribution >= 4 is 11.7 Å². The highest BCUT2D eigenvalue weighted by Crippen LogP contribution is 2.30. The van der Waals surface area contributed by atoms with Gasteiger partial charge in [0.15, 0.2) is 17.3 Å². The number of benzene rings is 1. The largest absolute Gasteiger partial charge is 0.504 e. The summed E-state index contributed by atoms with van der Waals surface area (Å²) >= 11 is 0. The normalized spacial score (nSPS) is 17.7. The van der Waals surface area contributed by atoms with Gasteiger partial charge in [-0.2, -0.15) is 5.10 Å². The van der Waals surface area contributed by atoms with Gasteiger partial charge in [-0.3, -0.25) is 9.89 Å². The van der Waals surface area contributed by atoms with E-state index in [0.29, 0.717) is 12.4 Å². The number of hydrogen-bond donors (Lipinski definition) is 3. The average Bonchev–Trinajstić information content (AvgIpc) is 3.04. The van der Waals surface area contributed by atoms with Crippen LogP contribution in [-0.4, -0.2) is 41.5 Å². The number of aromatic nitrogens is 2. The Kier molecular flexibility index (Phi) is 4.47. The van der Waals surface area contributed by atoms with Crippen molar-refractivity contribution in [2.75, 3.05) is 25.6 Å². The van der Waals surface area contributed by atoms with E-state index in [2.05, 4.69) is 15.5 Å². The summed E-state index contributed by atoms with van der Waals surface area (Å²) < 4.78 is 10.5. The van der Waals surface area contributed by atoms with Crippen molar-refractivity contribution in [3.8, 4) is 11.5 Å². The van der Waals surface area contributed by atoms with Gasteiger partial charge in [0, 0.05) is 24.3 Å². The highest BCUT2D eigenvalue weighted by Gasteiger charge is 2.20. The molecule has 0 bridgehead atoms. The minimum absolute atomic E-state index is 0.134. The second-order valence-corrected chi connectivity index (χ2v) is 5.43. The number of para-hydroxylation sites is 1. The molecule has 7 nitrogen and oxygen atoms in total. The van der Waals surface area contributed by atoms with E-state index in [-0.39, 0.29) is 23.0 Å². The van der Waals surface area contributed by atoms with Crippen LogP contribution in [0.1, 0.15) is 34.8 Å². The molecule has 0 unspecified atom stereocenters. The Morgan fingerprint density at radius 1 is 1.52 bits per heavy atom. The van der Waals surface area contributed by atoms with Gasteiger partial charge in [0.2, 0.25) is 0 Å². The lowest BCUT2D eigenvalue weighted by Crippen LogP contribution is -2.15. The third kappa shape index (κ3) is 3.29. The van der Waals surface area contributed by atoms with E-state index in [1.54, 1.807) is 18.2 Å². The maximum absolute atomic E-state index is 12.3. The van der Waals surface area contributed by atoms with Crippen LogP contribution in [0, 0.1) is 0 Å². The van der Waals surface area contributed by atoms with Crippen molar-refractivity contribution in [1.82, 2.24) is 10.2 Å². The van der Waals surface area contributed by atoms with Crippen molar-refractivity contribution in [3.63, 3.8) is 0 Å². The summed E-state index contributed by atoms with van der Waals surface area (Å²) in [5.41, 5.74) is 1.07. The molecule has 1 atom stereocenters. The molecule has 3 N–H and O–H groups in total. The van der Waals surface area contributed by atoms with Crippen molar-refractivity contribution in [1.29, 1.82) is 0 Å². The molecule has 7 heteroatoms. The molecule has 0 spiro atoms. The van der Waals surface area contributed by atoms with E-state index >= 15 is 0 Å². The van der Waals surface area contributed by atoms with E-state index in [1.807, 2.05) is 0 Å². The lowest BCUT2D eigenvalue weighted by Gasteiger charge is -2.20. The first-order chi connectivity index (χ1) is 11.2. The number of H-pyrrole nitrogens is 1. The Morgan fingerprint density at radius 3 is 3.13 bits per heavy atom. The molecule has 1 amide bonds. The number of hydrogen-bond acceptors (Lipinski definition) is 5. The number of amides is 1. The highest BCUT2D eigenvalue weighted by molar-refractivity contribution is 6.06. The third-order valence-corrected chi connectivity index (χ3v) is 3.90. The Hall–Kier alpha value is -2.54. The number of carbonyl (C=O) groups is 1. The molecular weight excluding hydrogens is 298 g/mol. The van der Waals surface area contributed by atoms with E-state index < -0.39 is 5.91 Å². The van der Waals surface area contributed by atoms with E-state index in [0.717, 1.165) is 25.1 Å². The summed E-state index contributed by atoms with van der Waals surface area (Å²) in [7, 11) is 1.43. The zero-order valence-corrected chi connectivity index (χ0v) is 12.8. The smallest absolute Gasteiger partial charge is 0.260 e. The van der Waals surface area contributed by atoms with Gasteiger partial charge < -0.3 is 19.9 Å². The quantitative estimate of drug-likeness (QED) is 0.804.